The number of amides is 2. The number of para-hydroxylation sites is 1. The number of likely N-dealkylation sites (N-methyl/N-ethyl adjacent to an activating group) is 1. The fraction of sp³-hybridized carbons (Fsp3) is 0.462. The van der Waals surface area contributed by atoms with Crippen molar-refractivity contribution in [3.05, 3.63) is 29.8 Å². The van der Waals surface area contributed by atoms with Crippen molar-refractivity contribution in [3.8, 4) is 5.75 Å². The second-order valence-corrected chi connectivity index (χ2v) is 4.37. The summed E-state index contributed by atoms with van der Waals surface area (Å²) in [6, 6.07) is 5.83. The average Bonchev–Trinajstić information content (AvgIpc) is 2.35. The molecule has 0 fully saturated rings. The van der Waals surface area contributed by atoms with Gasteiger partial charge in [0.2, 0.25) is 0 Å². The fourth-order valence-corrected chi connectivity index (χ4v) is 1.65. The van der Waals surface area contributed by atoms with Gasteiger partial charge in [0, 0.05) is 25.7 Å². The number of halogens is 2. The molecule has 20 heavy (non-hydrogen) atoms. The van der Waals surface area contributed by atoms with Crippen molar-refractivity contribution in [1.82, 2.24) is 10.2 Å². The van der Waals surface area contributed by atoms with Gasteiger partial charge in [-0.15, -0.1) is 0 Å². The quantitative estimate of drug-likeness (QED) is 0.839. The number of benzene rings is 1. The van der Waals surface area contributed by atoms with Gasteiger partial charge >= 0.3 is 12.6 Å². The first-order valence-electron chi connectivity index (χ1n) is 6.10. The molecule has 0 aliphatic rings. The predicted octanol–water partition coefficient (Wildman–Crippen LogP) is 1.81. The monoisotopic (exact) mass is 288 g/mol. The van der Waals surface area contributed by atoms with E-state index in [1.54, 1.807) is 25.1 Å². The van der Waals surface area contributed by atoms with Gasteiger partial charge in [-0.2, -0.15) is 8.78 Å². The Morgan fingerprint density at radius 1 is 1.45 bits per heavy atom. The van der Waals surface area contributed by atoms with Gasteiger partial charge in [0.1, 0.15) is 5.75 Å². The number of carbonyl (C=O) groups excluding carboxylic acids is 1. The summed E-state index contributed by atoms with van der Waals surface area (Å²) < 4.78 is 28.8. The summed E-state index contributed by atoms with van der Waals surface area (Å²) in [4.78, 5) is 13.0. The topological polar surface area (TPSA) is 61.8 Å². The molecule has 0 saturated carbocycles. The number of rotatable bonds is 6. The largest absolute Gasteiger partial charge is 0.434 e. The molecule has 2 N–H and O–H groups in total. The lowest BCUT2D eigenvalue weighted by atomic mass is 10.2. The predicted molar refractivity (Wildman–Crippen MR) is 69.6 cm³/mol. The number of aliphatic hydroxyl groups excluding tert-OH is 1. The van der Waals surface area contributed by atoms with E-state index in [4.69, 9.17) is 0 Å². The van der Waals surface area contributed by atoms with Crippen LogP contribution in [-0.2, 0) is 6.54 Å². The van der Waals surface area contributed by atoms with Gasteiger partial charge in [-0.05, 0) is 13.0 Å². The summed E-state index contributed by atoms with van der Waals surface area (Å²) in [7, 11) is 1.53. The lowest BCUT2D eigenvalue weighted by Crippen LogP contribution is -2.40. The lowest BCUT2D eigenvalue weighted by molar-refractivity contribution is -0.0504. The molecule has 1 aromatic carbocycles. The summed E-state index contributed by atoms with van der Waals surface area (Å²) in [5, 5.41) is 11.7. The summed E-state index contributed by atoms with van der Waals surface area (Å²) in [5.74, 6) is 0.0287. The third-order valence-corrected chi connectivity index (χ3v) is 2.50. The van der Waals surface area contributed by atoms with Crippen LogP contribution in [-0.4, -0.2) is 42.3 Å². The molecule has 7 heteroatoms. The van der Waals surface area contributed by atoms with Gasteiger partial charge in [-0.1, -0.05) is 18.2 Å². The Labute approximate surface area is 116 Å². The van der Waals surface area contributed by atoms with Crippen LogP contribution in [0.4, 0.5) is 13.6 Å². The maximum Gasteiger partial charge on any atom is 0.387 e. The molecule has 0 radical (unpaired) electrons. The summed E-state index contributed by atoms with van der Waals surface area (Å²) in [6.45, 7) is -1.10. The molecule has 1 rings (SSSR count). The Morgan fingerprint density at radius 3 is 2.70 bits per heavy atom. The van der Waals surface area contributed by atoms with E-state index in [1.165, 1.54) is 18.0 Å². The molecule has 1 aromatic rings. The van der Waals surface area contributed by atoms with Gasteiger partial charge < -0.3 is 20.1 Å². The number of alkyl halides is 2. The van der Waals surface area contributed by atoms with Crippen LogP contribution in [0, 0.1) is 0 Å². The van der Waals surface area contributed by atoms with Gasteiger partial charge in [0.25, 0.3) is 0 Å². The van der Waals surface area contributed by atoms with Gasteiger partial charge in [-0.3, -0.25) is 0 Å². The van der Waals surface area contributed by atoms with Crippen LogP contribution in [0.3, 0.4) is 0 Å². The van der Waals surface area contributed by atoms with Crippen LogP contribution < -0.4 is 10.1 Å². The van der Waals surface area contributed by atoms with Crippen molar-refractivity contribution in [2.45, 2.75) is 26.2 Å². The Morgan fingerprint density at radius 2 is 2.10 bits per heavy atom. The molecule has 112 valence electrons. The van der Waals surface area contributed by atoms with Crippen LogP contribution in [0.15, 0.2) is 24.3 Å². The first-order valence-corrected chi connectivity index (χ1v) is 6.10. The maximum atomic E-state index is 12.2. The SMILES string of the molecule is CC(O)CN(C)C(=O)NCc1ccccc1OC(F)F. The molecular formula is C13H18F2N2O3. The molecule has 0 saturated heterocycles. The average molecular weight is 288 g/mol. The molecule has 0 aromatic heterocycles. The summed E-state index contributed by atoms with van der Waals surface area (Å²) >= 11 is 0. The van der Waals surface area contributed by atoms with Crippen LogP contribution in [0.25, 0.3) is 0 Å². The summed E-state index contributed by atoms with van der Waals surface area (Å²) in [5.41, 5.74) is 0.451. The normalized spacial score (nSPS) is 12.1. The number of ether oxygens (including phenoxy) is 1. The van der Waals surface area contributed by atoms with E-state index >= 15 is 0 Å². The smallest absolute Gasteiger partial charge is 0.387 e. The fourth-order valence-electron chi connectivity index (χ4n) is 1.65. The Balaban J connectivity index is 2.59. The van der Waals surface area contributed by atoms with E-state index < -0.39 is 18.7 Å². The molecule has 0 aliphatic carbocycles. The molecule has 0 spiro atoms. The maximum absolute atomic E-state index is 12.2. The van der Waals surface area contributed by atoms with E-state index in [0.29, 0.717) is 5.56 Å². The zero-order valence-electron chi connectivity index (χ0n) is 11.3. The molecule has 5 nitrogen and oxygen atoms in total. The highest BCUT2D eigenvalue weighted by Crippen LogP contribution is 2.19. The highest BCUT2D eigenvalue weighted by molar-refractivity contribution is 5.73. The van der Waals surface area contributed by atoms with E-state index in [2.05, 4.69) is 10.1 Å². The number of carbonyl (C=O) groups is 1. The van der Waals surface area contributed by atoms with E-state index in [0.717, 1.165) is 0 Å². The van der Waals surface area contributed by atoms with E-state index in [1.807, 2.05) is 0 Å². The van der Waals surface area contributed by atoms with Crippen molar-refractivity contribution < 1.29 is 23.4 Å². The van der Waals surface area contributed by atoms with Crippen LogP contribution >= 0.6 is 0 Å². The van der Waals surface area contributed by atoms with Crippen LogP contribution in [0.5, 0.6) is 5.75 Å². The van der Waals surface area contributed by atoms with Crippen LogP contribution in [0.1, 0.15) is 12.5 Å². The zero-order valence-corrected chi connectivity index (χ0v) is 11.3. The minimum atomic E-state index is -2.91. The zero-order chi connectivity index (χ0) is 15.1. The number of urea groups is 1. The highest BCUT2D eigenvalue weighted by Gasteiger charge is 2.13. The molecular weight excluding hydrogens is 270 g/mol. The van der Waals surface area contributed by atoms with Crippen molar-refractivity contribution in [2.24, 2.45) is 0 Å². The number of hydrogen-bond acceptors (Lipinski definition) is 3. The second kappa shape index (κ2) is 7.64. The highest BCUT2D eigenvalue weighted by atomic mass is 19.3. The summed E-state index contributed by atoms with van der Waals surface area (Å²) in [6.07, 6.45) is -0.639. The van der Waals surface area contributed by atoms with Gasteiger partial charge in [-0.25, -0.2) is 4.79 Å². The van der Waals surface area contributed by atoms with Gasteiger partial charge in [0.05, 0.1) is 6.10 Å². The molecule has 2 amide bonds. The third-order valence-electron chi connectivity index (χ3n) is 2.50. The molecule has 0 heterocycles. The van der Waals surface area contributed by atoms with Crippen molar-refractivity contribution >= 4 is 6.03 Å². The molecule has 1 atom stereocenters. The number of aliphatic hydroxyl groups is 1. The standard InChI is InChI=1S/C13H18F2N2O3/c1-9(18)8-17(2)13(19)16-7-10-5-3-4-6-11(10)20-12(14)15/h3-6,9,12,18H,7-8H2,1-2H3,(H,16,19). The Hall–Kier alpha value is -1.89. The minimum Gasteiger partial charge on any atom is -0.434 e. The second-order valence-electron chi connectivity index (χ2n) is 4.37. The number of nitrogens with zero attached hydrogens (tertiary/aromatic N) is 1. The lowest BCUT2D eigenvalue weighted by Gasteiger charge is -2.19. The molecule has 1 unspecified atom stereocenters. The number of nitrogens with one attached hydrogen (secondary N) is 1. The van der Waals surface area contributed by atoms with E-state index in [-0.39, 0.29) is 18.8 Å². The molecule has 0 aliphatic heterocycles. The van der Waals surface area contributed by atoms with Crippen molar-refractivity contribution in [3.63, 3.8) is 0 Å². The van der Waals surface area contributed by atoms with Crippen molar-refractivity contribution in [2.75, 3.05) is 13.6 Å². The van der Waals surface area contributed by atoms with E-state index in [9.17, 15) is 18.7 Å². The van der Waals surface area contributed by atoms with Crippen molar-refractivity contribution in [1.29, 1.82) is 0 Å². The Kier molecular flexibility index (Phi) is 6.17. The Bertz CT molecular complexity index is 441. The molecule has 0 bridgehead atoms. The van der Waals surface area contributed by atoms with Gasteiger partial charge in [0.15, 0.2) is 0 Å². The minimum absolute atomic E-state index is 0.0287. The van der Waals surface area contributed by atoms with Crippen LogP contribution in [0.2, 0.25) is 0 Å². The first-order chi connectivity index (χ1) is 9.40. The first kappa shape index (κ1) is 16.2. The number of hydrogen-bond donors (Lipinski definition) is 2. The third kappa shape index (κ3) is 5.40.